The third kappa shape index (κ3) is 7.62. The zero-order chi connectivity index (χ0) is 25.4. The second-order valence-electron chi connectivity index (χ2n) is 7.10. The van der Waals surface area contributed by atoms with E-state index in [2.05, 4.69) is 9.73 Å². The number of hydrazine groups is 1. The lowest BCUT2D eigenvalue weighted by Gasteiger charge is -2.35. The molecule has 1 aromatic rings. The maximum absolute atomic E-state index is 14.0. The van der Waals surface area contributed by atoms with Crippen molar-refractivity contribution in [3.8, 4) is 0 Å². The summed E-state index contributed by atoms with van der Waals surface area (Å²) in [6.07, 6.45) is -10.6. The highest BCUT2D eigenvalue weighted by atomic mass is 19.4. The van der Waals surface area contributed by atoms with Crippen molar-refractivity contribution in [2.45, 2.75) is 65.0 Å². The SMILES string of the molecule is CCCCC(=O)N[C@](NNC(=Nc1ccc(C)c(C)c1)C(F)(F)F)(C(=O)OCC)C(F)(F)F. The number of unbranched alkanes of at least 4 members (excludes halogenated alkanes) is 1. The van der Waals surface area contributed by atoms with Gasteiger partial charge in [-0.1, -0.05) is 19.4 Å². The second kappa shape index (κ2) is 11.3. The first kappa shape index (κ1) is 28.2. The lowest BCUT2D eigenvalue weighted by molar-refractivity contribution is -0.223. The Morgan fingerprint density at radius 1 is 1.03 bits per heavy atom. The Morgan fingerprint density at radius 3 is 2.15 bits per heavy atom. The summed E-state index contributed by atoms with van der Waals surface area (Å²) >= 11 is 0. The first-order valence-electron chi connectivity index (χ1n) is 9.99. The van der Waals surface area contributed by atoms with Gasteiger partial charge in [-0.15, -0.1) is 0 Å². The number of ether oxygens (including phenoxy) is 1. The van der Waals surface area contributed by atoms with Gasteiger partial charge in [0, 0.05) is 6.42 Å². The quantitative estimate of drug-likeness (QED) is 0.123. The fourth-order valence-electron chi connectivity index (χ4n) is 2.48. The van der Waals surface area contributed by atoms with Gasteiger partial charge in [0.05, 0.1) is 12.3 Å². The summed E-state index contributed by atoms with van der Waals surface area (Å²) < 4.78 is 86.9. The third-order valence-corrected chi connectivity index (χ3v) is 4.46. The van der Waals surface area contributed by atoms with E-state index in [0.29, 0.717) is 12.0 Å². The minimum atomic E-state index is -5.58. The Balaban J connectivity index is 3.42. The molecule has 0 saturated heterocycles. The Morgan fingerprint density at radius 2 is 1.67 bits per heavy atom. The van der Waals surface area contributed by atoms with Crippen LogP contribution in [0, 0.1) is 13.8 Å². The van der Waals surface area contributed by atoms with Gasteiger partial charge >= 0.3 is 24.0 Å². The third-order valence-electron chi connectivity index (χ3n) is 4.46. The number of alkyl halides is 6. The van der Waals surface area contributed by atoms with E-state index in [0.717, 1.165) is 5.56 Å². The number of aryl methyl sites for hydroxylation is 2. The molecule has 0 fully saturated rings. The summed E-state index contributed by atoms with van der Waals surface area (Å²) in [5, 5.41) is 1.44. The number of nitrogens with zero attached hydrogens (tertiary/aromatic N) is 1. The first-order valence-corrected chi connectivity index (χ1v) is 9.99. The summed E-state index contributed by atoms with van der Waals surface area (Å²) in [4.78, 5) is 27.6. The minimum absolute atomic E-state index is 0.193. The summed E-state index contributed by atoms with van der Waals surface area (Å²) in [6.45, 7) is 5.69. The zero-order valence-electron chi connectivity index (χ0n) is 18.5. The van der Waals surface area contributed by atoms with Crippen LogP contribution in [-0.4, -0.2) is 42.3 Å². The maximum atomic E-state index is 14.0. The number of hydrogen-bond donors (Lipinski definition) is 3. The number of amidine groups is 1. The van der Waals surface area contributed by atoms with E-state index in [1.165, 1.54) is 41.3 Å². The van der Waals surface area contributed by atoms with Crippen molar-refractivity contribution < 1.29 is 40.7 Å². The lowest BCUT2D eigenvalue weighted by atomic mass is 10.1. The number of esters is 1. The highest BCUT2D eigenvalue weighted by Crippen LogP contribution is 2.30. The van der Waals surface area contributed by atoms with Crippen LogP contribution in [-0.2, 0) is 14.3 Å². The average molecular weight is 484 g/mol. The Kier molecular flexibility index (Phi) is 9.70. The number of rotatable bonds is 9. The van der Waals surface area contributed by atoms with E-state index >= 15 is 0 Å². The van der Waals surface area contributed by atoms with E-state index in [-0.39, 0.29) is 12.1 Å². The van der Waals surface area contributed by atoms with E-state index in [1.807, 2.05) is 0 Å². The number of nitrogens with one attached hydrogen (secondary N) is 3. The molecule has 7 nitrogen and oxygen atoms in total. The molecule has 186 valence electrons. The molecular weight excluding hydrogens is 458 g/mol. The molecule has 0 aliphatic rings. The van der Waals surface area contributed by atoms with Gasteiger partial charge in [0.25, 0.3) is 0 Å². The Bertz CT molecular complexity index is 870. The highest BCUT2D eigenvalue weighted by molar-refractivity contribution is 5.92. The van der Waals surface area contributed by atoms with Gasteiger partial charge in [-0.2, -0.15) is 31.8 Å². The standard InChI is InChI=1S/C20H26F6N4O3/c1-5-7-8-15(31)28-18(20(24,25)26,17(32)33-6-2)30-29-16(19(21,22)23)27-14-10-9-12(3)13(4)11-14/h9-11,30H,5-8H2,1-4H3,(H,27,29)(H,28,31)/t18-/m0/s1. The van der Waals surface area contributed by atoms with Crippen molar-refractivity contribution in [2.24, 2.45) is 4.99 Å². The number of benzene rings is 1. The molecular formula is C20H26F6N4O3. The van der Waals surface area contributed by atoms with Crippen LogP contribution < -0.4 is 16.2 Å². The van der Waals surface area contributed by atoms with E-state index in [1.54, 1.807) is 20.8 Å². The number of halogens is 6. The predicted molar refractivity (Wildman–Crippen MR) is 108 cm³/mol. The molecule has 1 atom stereocenters. The highest BCUT2D eigenvalue weighted by Gasteiger charge is 2.64. The Labute approximate surface area is 186 Å². The number of carbonyl (C=O) groups excluding carboxylic acids is 2. The van der Waals surface area contributed by atoms with Gasteiger partial charge in [-0.25, -0.2) is 9.79 Å². The van der Waals surface area contributed by atoms with Crippen LogP contribution in [0.4, 0.5) is 32.0 Å². The van der Waals surface area contributed by atoms with Gasteiger partial charge in [0.15, 0.2) is 0 Å². The van der Waals surface area contributed by atoms with Crippen molar-refractivity contribution >= 4 is 23.4 Å². The van der Waals surface area contributed by atoms with Crippen molar-refractivity contribution in [1.82, 2.24) is 16.2 Å². The molecule has 3 N–H and O–H groups in total. The smallest absolute Gasteiger partial charge is 0.450 e. The van der Waals surface area contributed by atoms with Gasteiger partial charge in [0.1, 0.15) is 0 Å². The van der Waals surface area contributed by atoms with Crippen LogP contribution in [0.25, 0.3) is 0 Å². The molecule has 1 rings (SSSR count). The molecule has 1 aromatic carbocycles. The van der Waals surface area contributed by atoms with Crippen molar-refractivity contribution in [3.63, 3.8) is 0 Å². The van der Waals surface area contributed by atoms with Crippen LogP contribution in [0.1, 0.15) is 44.2 Å². The van der Waals surface area contributed by atoms with Gasteiger partial charge in [-0.05, 0) is 50.5 Å². The van der Waals surface area contributed by atoms with E-state index < -0.39 is 48.8 Å². The fraction of sp³-hybridized carbons (Fsp3) is 0.550. The van der Waals surface area contributed by atoms with Gasteiger partial charge < -0.3 is 10.1 Å². The normalized spacial score (nSPS) is 14.4. The molecule has 0 saturated carbocycles. The summed E-state index contributed by atoms with van der Waals surface area (Å²) in [6, 6.07) is 4.03. The zero-order valence-corrected chi connectivity index (χ0v) is 18.5. The molecule has 0 heterocycles. The van der Waals surface area contributed by atoms with Crippen LogP contribution in [0.5, 0.6) is 0 Å². The summed E-state index contributed by atoms with van der Waals surface area (Å²) in [5.41, 5.74) is -0.208. The largest absolute Gasteiger partial charge is 0.463 e. The molecule has 0 aliphatic carbocycles. The monoisotopic (exact) mass is 484 g/mol. The number of aliphatic imine (C=N–C) groups is 1. The summed E-state index contributed by atoms with van der Waals surface area (Å²) in [5.74, 6) is -5.12. The van der Waals surface area contributed by atoms with E-state index in [9.17, 15) is 35.9 Å². The molecule has 0 unspecified atom stereocenters. The van der Waals surface area contributed by atoms with Crippen LogP contribution in [0.2, 0.25) is 0 Å². The van der Waals surface area contributed by atoms with Crippen LogP contribution in [0.15, 0.2) is 23.2 Å². The molecule has 0 aromatic heterocycles. The van der Waals surface area contributed by atoms with E-state index in [4.69, 9.17) is 0 Å². The van der Waals surface area contributed by atoms with Crippen molar-refractivity contribution in [1.29, 1.82) is 0 Å². The number of hydrogen-bond acceptors (Lipinski definition) is 5. The molecule has 33 heavy (non-hydrogen) atoms. The van der Waals surface area contributed by atoms with Crippen LogP contribution in [0.3, 0.4) is 0 Å². The number of amides is 1. The van der Waals surface area contributed by atoms with Gasteiger partial charge in [-0.3, -0.25) is 10.2 Å². The average Bonchev–Trinajstić information content (AvgIpc) is 2.69. The molecule has 0 spiro atoms. The maximum Gasteiger partial charge on any atom is 0.450 e. The lowest BCUT2D eigenvalue weighted by Crippen LogP contribution is -2.76. The van der Waals surface area contributed by atoms with Crippen molar-refractivity contribution in [3.05, 3.63) is 29.3 Å². The first-order chi connectivity index (χ1) is 15.2. The summed E-state index contributed by atoms with van der Waals surface area (Å²) in [7, 11) is 0. The molecule has 0 aliphatic heterocycles. The van der Waals surface area contributed by atoms with Crippen LogP contribution >= 0.6 is 0 Å². The second-order valence-corrected chi connectivity index (χ2v) is 7.10. The predicted octanol–water partition coefficient (Wildman–Crippen LogP) is 4.12. The fourth-order valence-corrected chi connectivity index (χ4v) is 2.48. The Hall–Kier alpha value is -2.83. The topological polar surface area (TPSA) is 91.8 Å². The number of carbonyl (C=O) groups is 2. The molecule has 0 bridgehead atoms. The van der Waals surface area contributed by atoms with Gasteiger partial charge in [0.2, 0.25) is 11.7 Å². The molecule has 13 heteroatoms. The molecule has 1 amide bonds. The molecule has 0 radical (unpaired) electrons. The minimum Gasteiger partial charge on any atom is -0.463 e. The van der Waals surface area contributed by atoms with Crippen molar-refractivity contribution in [2.75, 3.05) is 6.61 Å².